The van der Waals surface area contributed by atoms with Crippen molar-refractivity contribution in [2.75, 3.05) is 18.7 Å². The molecule has 0 saturated carbocycles. The molecule has 3 aromatic rings. The number of anilines is 1. The van der Waals surface area contributed by atoms with Crippen LogP contribution in [0.1, 0.15) is 29.2 Å². The van der Waals surface area contributed by atoms with Crippen LogP contribution in [0.25, 0.3) is 0 Å². The predicted molar refractivity (Wildman–Crippen MR) is 145 cm³/mol. The Bertz CT molecular complexity index is 1330. The second kappa shape index (κ2) is 12.8. The molecule has 0 radical (unpaired) electrons. The van der Waals surface area contributed by atoms with E-state index in [4.69, 9.17) is 18.9 Å². The maximum Gasteiger partial charge on any atom is 0.397 e. The summed E-state index contributed by atoms with van der Waals surface area (Å²) in [5, 5.41) is 16.5. The number of phenolic OH excluding ortho intramolecular Hbond substituents is 1. The molecule has 0 spiro atoms. The lowest BCUT2D eigenvalue weighted by atomic mass is 10.0. The van der Waals surface area contributed by atoms with Crippen molar-refractivity contribution in [3.05, 3.63) is 94.9 Å². The molecule has 1 aliphatic heterocycles. The lowest BCUT2D eigenvalue weighted by Crippen LogP contribution is -2.33. The number of aryl methyl sites for hydroxylation is 2. The Kier molecular flexibility index (Phi) is 9.06. The van der Waals surface area contributed by atoms with Crippen LogP contribution in [0.5, 0.6) is 17.2 Å². The molecule has 3 N–H and O–H groups in total. The van der Waals surface area contributed by atoms with Gasteiger partial charge >= 0.3 is 11.9 Å². The van der Waals surface area contributed by atoms with Gasteiger partial charge in [0.25, 0.3) is 0 Å². The van der Waals surface area contributed by atoms with Crippen molar-refractivity contribution >= 4 is 17.6 Å². The third-order valence-electron chi connectivity index (χ3n) is 6.11. The first-order valence-corrected chi connectivity index (χ1v) is 12.6. The SMILES string of the molecule is CCOC(=O)C(=O)Nc1cc(C)c(Oc2ccc(O)c(CNC(Cc3ccccc3)C3=COCO3)c2)c(C)c1. The molecule has 1 atom stereocenters. The van der Waals surface area contributed by atoms with E-state index in [0.29, 0.717) is 41.5 Å². The van der Waals surface area contributed by atoms with Crippen LogP contribution in [0.2, 0.25) is 0 Å². The molecular weight excluding hydrogens is 500 g/mol. The molecule has 0 aliphatic carbocycles. The molecule has 1 aliphatic rings. The standard InChI is InChI=1S/C30H32N2O7/c1-4-37-30(35)29(34)32-23-12-19(2)28(20(3)13-23)39-24-10-11-26(33)22(15-24)16-31-25(27-17-36-18-38-27)14-21-8-6-5-7-9-21/h5-13,15,17,25,31,33H,4,14,16,18H2,1-3H3,(H,32,34). The van der Waals surface area contributed by atoms with Crippen LogP contribution >= 0.6 is 0 Å². The summed E-state index contributed by atoms with van der Waals surface area (Å²) in [6.07, 6.45) is 2.30. The van der Waals surface area contributed by atoms with E-state index < -0.39 is 11.9 Å². The van der Waals surface area contributed by atoms with Gasteiger partial charge in [0.2, 0.25) is 6.79 Å². The van der Waals surface area contributed by atoms with Crippen molar-refractivity contribution in [3.8, 4) is 17.2 Å². The third kappa shape index (κ3) is 7.30. The zero-order chi connectivity index (χ0) is 27.8. The number of carbonyl (C=O) groups excluding carboxylic acids is 2. The summed E-state index contributed by atoms with van der Waals surface area (Å²) >= 11 is 0. The molecule has 9 heteroatoms. The lowest BCUT2D eigenvalue weighted by Gasteiger charge is -2.20. The molecule has 4 rings (SSSR count). The Balaban J connectivity index is 1.46. The normalized spacial score (nSPS) is 13.1. The molecule has 39 heavy (non-hydrogen) atoms. The van der Waals surface area contributed by atoms with Gasteiger partial charge in [0.15, 0.2) is 5.76 Å². The van der Waals surface area contributed by atoms with Crippen molar-refractivity contribution in [1.29, 1.82) is 0 Å². The number of ether oxygens (including phenoxy) is 4. The number of hydrogen-bond donors (Lipinski definition) is 3. The van der Waals surface area contributed by atoms with Gasteiger partial charge < -0.3 is 34.7 Å². The molecule has 1 heterocycles. The quantitative estimate of drug-likeness (QED) is 0.251. The first-order valence-electron chi connectivity index (χ1n) is 12.6. The van der Waals surface area contributed by atoms with Crippen molar-refractivity contribution in [3.63, 3.8) is 0 Å². The third-order valence-corrected chi connectivity index (χ3v) is 6.11. The molecule has 0 bridgehead atoms. The van der Waals surface area contributed by atoms with Crippen molar-refractivity contribution in [2.24, 2.45) is 0 Å². The van der Waals surface area contributed by atoms with Crippen molar-refractivity contribution in [2.45, 2.75) is 39.8 Å². The van der Waals surface area contributed by atoms with Crippen LogP contribution in [-0.4, -0.2) is 36.4 Å². The van der Waals surface area contributed by atoms with Crippen LogP contribution in [0.15, 0.2) is 72.7 Å². The number of carbonyl (C=O) groups is 2. The van der Waals surface area contributed by atoms with E-state index >= 15 is 0 Å². The average Bonchev–Trinajstić information content (AvgIpc) is 3.46. The molecule has 9 nitrogen and oxygen atoms in total. The topological polar surface area (TPSA) is 115 Å². The van der Waals surface area contributed by atoms with Gasteiger partial charge in [-0.25, -0.2) is 4.79 Å². The van der Waals surface area contributed by atoms with Crippen molar-refractivity contribution < 1.29 is 33.6 Å². The Hall–Kier alpha value is -4.50. The van der Waals surface area contributed by atoms with E-state index in [1.54, 1.807) is 43.5 Å². The number of aromatic hydroxyl groups is 1. The molecular formula is C30H32N2O7. The van der Waals surface area contributed by atoms with Gasteiger partial charge in [-0.2, -0.15) is 0 Å². The summed E-state index contributed by atoms with van der Waals surface area (Å²) in [6.45, 7) is 5.98. The van der Waals surface area contributed by atoms with Gasteiger partial charge in [0.1, 0.15) is 23.5 Å². The van der Waals surface area contributed by atoms with Gasteiger partial charge in [-0.05, 0) is 74.2 Å². The lowest BCUT2D eigenvalue weighted by molar-refractivity contribution is -0.152. The maximum absolute atomic E-state index is 12.0. The summed E-state index contributed by atoms with van der Waals surface area (Å²) in [5.41, 5.74) is 3.77. The highest BCUT2D eigenvalue weighted by Gasteiger charge is 2.21. The highest BCUT2D eigenvalue weighted by Crippen LogP contribution is 2.33. The van der Waals surface area contributed by atoms with Gasteiger partial charge in [-0.1, -0.05) is 30.3 Å². The molecule has 0 aromatic heterocycles. The molecule has 3 aromatic carbocycles. The number of esters is 1. The van der Waals surface area contributed by atoms with E-state index in [1.165, 1.54) is 0 Å². The molecule has 1 unspecified atom stereocenters. The summed E-state index contributed by atoms with van der Waals surface area (Å²) in [4.78, 5) is 23.6. The Morgan fingerprint density at radius 2 is 1.79 bits per heavy atom. The van der Waals surface area contributed by atoms with E-state index in [2.05, 4.69) is 22.8 Å². The summed E-state index contributed by atoms with van der Waals surface area (Å²) in [5.74, 6) is 0.211. The van der Waals surface area contributed by atoms with E-state index in [0.717, 1.165) is 16.7 Å². The fourth-order valence-corrected chi connectivity index (χ4v) is 4.24. The number of nitrogens with one attached hydrogen (secondary N) is 2. The fraction of sp³-hybridized carbons (Fsp3) is 0.267. The Morgan fingerprint density at radius 1 is 1.05 bits per heavy atom. The Morgan fingerprint density at radius 3 is 2.46 bits per heavy atom. The van der Waals surface area contributed by atoms with Gasteiger partial charge in [-0.15, -0.1) is 0 Å². The second-order valence-electron chi connectivity index (χ2n) is 9.08. The first-order chi connectivity index (χ1) is 18.8. The maximum atomic E-state index is 12.0. The highest BCUT2D eigenvalue weighted by molar-refractivity contribution is 6.37. The highest BCUT2D eigenvalue weighted by atomic mass is 16.7. The average molecular weight is 533 g/mol. The van der Waals surface area contributed by atoms with Gasteiger partial charge in [0, 0.05) is 17.8 Å². The molecule has 0 saturated heterocycles. The fourth-order valence-electron chi connectivity index (χ4n) is 4.24. The number of hydrogen-bond acceptors (Lipinski definition) is 8. The van der Waals surface area contributed by atoms with Crippen molar-refractivity contribution in [1.82, 2.24) is 5.32 Å². The minimum atomic E-state index is -0.937. The van der Waals surface area contributed by atoms with Crippen LogP contribution in [-0.2, 0) is 36.8 Å². The minimum Gasteiger partial charge on any atom is -0.508 e. The monoisotopic (exact) mass is 532 g/mol. The van der Waals surface area contributed by atoms with Crippen LogP contribution in [0.3, 0.4) is 0 Å². The van der Waals surface area contributed by atoms with Crippen LogP contribution < -0.4 is 15.4 Å². The smallest absolute Gasteiger partial charge is 0.397 e. The summed E-state index contributed by atoms with van der Waals surface area (Å²) in [7, 11) is 0. The molecule has 0 fully saturated rings. The van der Waals surface area contributed by atoms with E-state index in [9.17, 15) is 14.7 Å². The number of benzene rings is 3. The molecule has 204 valence electrons. The van der Waals surface area contributed by atoms with E-state index in [1.807, 2.05) is 32.0 Å². The van der Waals surface area contributed by atoms with E-state index in [-0.39, 0.29) is 25.2 Å². The number of phenols is 1. The predicted octanol–water partition coefficient (Wildman–Crippen LogP) is 4.85. The van der Waals surface area contributed by atoms with Crippen LogP contribution in [0, 0.1) is 13.8 Å². The first kappa shape index (κ1) is 27.5. The Labute approximate surface area is 227 Å². The number of rotatable bonds is 10. The zero-order valence-electron chi connectivity index (χ0n) is 22.2. The minimum absolute atomic E-state index is 0.120. The van der Waals surface area contributed by atoms with Gasteiger partial charge in [-0.3, -0.25) is 4.79 Å². The zero-order valence-corrected chi connectivity index (χ0v) is 22.2. The number of amides is 1. The van der Waals surface area contributed by atoms with Crippen LogP contribution in [0.4, 0.5) is 5.69 Å². The largest absolute Gasteiger partial charge is 0.508 e. The van der Waals surface area contributed by atoms with Gasteiger partial charge in [0.05, 0.1) is 12.6 Å². The second-order valence-corrected chi connectivity index (χ2v) is 9.08. The summed E-state index contributed by atoms with van der Waals surface area (Å²) in [6, 6.07) is 18.4. The molecule has 1 amide bonds. The summed E-state index contributed by atoms with van der Waals surface area (Å²) < 4.78 is 21.8.